The SMILES string of the molecule is C#CCSCCNC(=O)CCN. The van der Waals surface area contributed by atoms with E-state index in [1.54, 1.807) is 11.8 Å². The molecule has 0 heterocycles. The first-order valence-electron chi connectivity index (χ1n) is 3.79. The van der Waals surface area contributed by atoms with E-state index in [0.717, 1.165) is 5.75 Å². The summed E-state index contributed by atoms with van der Waals surface area (Å²) in [6.07, 6.45) is 5.45. The van der Waals surface area contributed by atoms with Gasteiger partial charge >= 0.3 is 0 Å². The molecule has 0 aliphatic heterocycles. The normalized spacial score (nSPS) is 9.00. The van der Waals surface area contributed by atoms with Crippen molar-refractivity contribution in [2.24, 2.45) is 5.73 Å². The number of carbonyl (C=O) groups excluding carboxylic acids is 1. The summed E-state index contributed by atoms with van der Waals surface area (Å²) in [6, 6.07) is 0. The second-order valence-corrected chi connectivity index (χ2v) is 3.25. The van der Waals surface area contributed by atoms with Crippen LogP contribution in [-0.2, 0) is 4.79 Å². The van der Waals surface area contributed by atoms with Crippen LogP contribution in [0, 0.1) is 12.3 Å². The summed E-state index contributed by atoms with van der Waals surface area (Å²) in [4.78, 5) is 10.8. The molecule has 0 radical (unpaired) electrons. The topological polar surface area (TPSA) is 55.1 Å². The van der Waals surface area contributed by atoms with Crippen molar-refractivity contribution in [3.8, 4) is 12.3 Å². The zero-order valence-electron chi connectivity index (χ0n) is 7.01. The van der Waals surface area contributed by atoms with Crippen LogP contribution >= 0.6 is 11.8 Å². The summed E-state index contributed by atoms with van der Waals surface area (Å²) in [5.41, 5.74) is 5.19. The maximum Gasteiger partial charge on any atom is 0.221 e. The van der Waals surface area contributed by atoms with Crippen molar-refractivity contribution in [2.75, 3.05) is 24.6 Å². The maximum absolute atomic E-state index is 10.8. The van der Waals surface area contributed by atoms with Crippen LogP contribution in [0.1, 0.15) is 6.42 Å². The molecule has 0 aromatic rings. The summed E-state index contributed by atoms with van der Waals surface area (Å²) in [7, 11) is 0. The monoisotopic (exact) mass is 186 g/mol. The lowest BCUT2D eigenvalue weighted by Gasteiger charge is -2.01. The van der Waals surface area contributed by atoms with E-state index in [9.17, 15) is 4.79 Å². The van der Waals surface area contributed by atoms with Crippen molar-refractivity contribution >= 4 is 17.7 Å². The largest absolute Gasteiger partial charge is 0.355 e. The molecule has 12 heavy (non-hydrogen) atoms. The second-order valence-electron chi connectivity index (χ2n) is 2.15. The zero-order valence-corrected chi connectivity index (χ0v) is 7.82. The number of rotatable bonds is 6. The number of carbonyl (C=O) groups is 1. The third kappa shape index (κ3) is 7.45. The summed E-state index contributed by atoms with van der Waals surface area (Å²) >= 11 is 1.63. The molecular formula is C8H14N2OS. The third-order valence-corrected chi connectivity index (χ3v) is 1.99. The minimum atomic E-state index is 0.0128. The molecule has 1 amide bonds. The Hall–Kier alpha value is -0.660. The molecule has 0 unspecified atom stereocenters. The highest BCUT2D eigenvalue weighted by Crippen LogP contribution is 1.95. The van der Waals surface area contributed by atoms with E-state index in [0.29, 0.717) is 25.3 Å². The molecule has 0 saturated carbocycles. The van der Waals surface area contributed by atoms with Crippen LogP contribution in [0.25, 0.3) is 0 Å². The Kier molecular flexibility index (Phi) is 7.97. The smallest absolute Gasteiger partial charge is 0.221 e. The molecule has 0 aliphatic rings. The number of nitrogens with two attached hydrogens (primary N) is 1. The second kappa shape index (κ2) is 8.44. The molecule has 4 heteroatoms. The Morgan fingerprint density at radius 2 is 2.42 bits per heavy atom. The van der Waals surface area contributed by atoms with Crippen molar-refractivity contribution in [2.45, 2.75) is 6.42 Å². The Balaban J connectivity index is 3.09. The molecule has 0 fully saturated rings. The van der Waals surface area contributed by atoms with Gasteiger partial charge in [-0.1, -0.05) is 5.92 Å². The molecule has 0 aromatic carbocycles. The molecule has 0 saturated heterocycles. The lowest BCUT2D eigenvalue weighted by atomic mass is 10.4. The Labute approximate surface area is 77.5 Å². The highest BCUT2D eigenvalue weighted by molar-refractivity contribution is 7.99. The van der Waals surface area contributed by atoms with Gasteiger partial charge in [-0.15, -0.1) is 18.2 Å². The summed E-state index contributed by atoms with van der Waals surface area (Å²) in [5, 5.41) is 2.73. The first kappa shape index (κ1) is 11.3. The van der Waals surface area contributed by atoms with Gasteiger partial charge in [0.05, 0.1) is 5.75 Å². The van der Waals surface area contributed by atoms with E-state index >= 15 is 0 Å². The first-order valence-corrected chi connectivity index (χ1v) is 4.94. The molecule has 3 nitrogen and oxygen atoms in total. The van der Waals surface area contributed by atoms with Gasteiger partial charge in [0.1, 0.15) is 0 Å². The maximum atomic E-state index is 10.8. The molecule has 68 valence electrons. The van der Waals surface area contributed by atoms with Crippen molar-refractivity contribution < 1.29 is 4.79 Å². The molecule has 3 N–H and O–H groups in total. The number of hydrogen-bond acceptors (Lipinski definition) is 3. The van der Waals surface area contributed by atoms with E-state index in [2.05, 4.69) is 11.2 Å². The van der Waals surface area contributed by atoms with Crippen LogP contribution in [-0.4, -0.2) is 30.5 Å². The molecule has 0 spiro atoms. The van der Waals surface area contributed by atoms with Crippen molar-refractivity contribution in [1.82, 2.24) is 5.32 Å². The number of terminal acetylenes is 1. The van der Waals surface area contributed by atoms with Crippen LogP contribution in [0.4, 0.5) is 0 Å². The van der Waals surface area contributed by atoms with Crippen LogP contribution in [0.2, 0.25) is 0 Å². The predicted octanol–water partition coefficient (Wildman–Crippen LogP) is -0.182. The fraction of sp³-hybridized carbons (Fsp3) is 0.625. The molecular weight excluding hydrogens is 172 g/mol. The van der Waals surface area contributed by atoms with E-state index < -0.39 is 0 Å². The highest BCUT2D eigenvalue weighted by atomic mass is 32.2. The zero-order chi connectivity index (χ0) is 9.23. The van der Waals surface area contributed by atoms with Gasteiger partial charge in [-0.2, -0.15) is 0 Å². The highest BCUT2D eigenvalue weighted by Gasteiger charge is 1.96. The van der Waals surface area contributed by atoms with Gasteiger partial charge in [0.15, 0.2) is 0 Å². The summed E-state index contributed by atoms with van der Waals surface area (Å²) < 4.78 is 0. The van der Waals surface area contributed by atoms with E-state index in [1.165, 1.54) is 0 Å². The minimum absolute atomic E-state index is 0.0128. The minimum Gasteiger partial charge on any atom is -0.355 e. The Bertz CT molecular complexity index is 165. The van der Waals surface area contributed by atoms with E-state index in [4.69, 9.17) is 12.2 Å². The van der Waals surface area contributed by atoms with Gasteiger partial charge in [0.25, 0.3) is 0 Å². The molecule has 0 atom stereocenters. The molecule has 0 bridgehead atoms. The van der Waals surface area contributed by atoms with Crippen LogP contribution in [0.5, 0.6) is 0 Å². The fourth-order valence-electron chi connectivity index (χ4n) is 0.613. The Morgan fingerprint density at radius 3 is 3.00 bits per heavy atom. The lowest BCUT2D eigenvalue weighted by Crippen LogP contribution is -2.27. The van der Waals surface area contributed by atoms with Crippen LogP contribution in [0.3, 0.4) is 0 Å². The van der Waals surface area contributed by atoms with Gasteiger partial charge in [0.2, 0.25) is 5.91 Å². The summed E-state index contributed by atoms with van der Waals surface area (Å²) in [6.45, 7) is 1.08. The molecule has 0 rings (SSSR count). The number of thioether (sulfide) groups is 1. The molecule has 0 aromatic heterocycles. The van der Waals surface area contributed by atoms with Crippen LogP contribution < -0.4 is 11.1 Å². The number of hydrogen-bond donors (Lipinski definition) is 2. The average molecular weight is 186 g/mol. The van der Waals surface area contributed by atoms with Gasteiger partial charge in [-0.25, -0.2) is 0 Å². The van der Waals surface area contributed by atoms with Gasteiger partial charge in [0, 0.05) is 25.3 Å². The van der Waals surface area contributed by atoms with Crippen molar-refractivity contribution in [1.29, 1.82) is 0 Å². The lowest BCUT2D eigenvalue weighted by molar-refractivity contribution is -0.120. The standard InChI is InChI=1S/C8H14N2OS/c1-2-6-12-7-5-10-8(11)3-4-9/h1H,3-7,9H2,(H,10,11). The quantitative estimate of drug-likeness (QED) is 0.447. The number of nitrogens with one attached hydrogen (secondary N) is 1. The number of amides is 1. The van der Waals surface area contributed by atoms with Gasteiger partial charge < -0.3 is 11.1 Å². The Morgan fingerprint density at radius 1 is 1.67 bits per heavy atom. The van der Waals surface area contributed by atoms with Crippen molar-refractivity contribution in [3.05, 3.63) is 0 Å². The van der Waals surface area contributed by atoms with Crippen molar-refractivity contribution in [3.63, 3.8) is 0 Å². The van der Waals surface area contributed by atoms with Crippen LogP contribution in [0.15, 0.2) is 0 Å². The van der Waals surface area contributed by atoms with E-state index in [-0.39, 0.29) is 5.91 Å². The first-order chi connectivity index (χ1) is 5.81. The average Bonchev–Trinajstić information content (AvgIpc) is 2.05. The van der Waals surface area contributed by atoms with Gasteiger partial charge in [-0.3, -0.25) is 4.79 Å². The molecule has 0 aliphatic carbocycles. The predicted molar refractivity (Wildman–Crippen MR) is 52.8 cm³/mol. The van der Waals surface area contributed by atoms with E-state index in [1.807, 2.05) is 0 Å². The third-order valence-electron chi connectivity index (χ3n) is 1.13. The summed E-state index contributed by atoms with van der Waals surface area (Å²) in [5.74, 6) is 4.09. The van der Waals surface area contributed by atoms with Gasteiger partial charge in [-0.05, 0) is 0 Å². The fourth-order valence-corrected chi connectivity index (χ4v) is 1.12.